The van der Waals surface area contributed by atoms with Crippen molar-refractivity contribution in [1.29, 1.82) is 0 Å². The van der Waals surface area contributed by atoms with Crippen LogP contribution in [-0.2, 0) is 11.2 Å². The van der Waals surface area contributed by atoms with Crippen LogP contribution in [0.25, 0.3) is 0 Å². The van der Waals surface area contributed by atoms with E-state index in [1.165, 1.54) is 35.1 Å². The molecule has 242 valence electrons. The summed E-state index contributed by atoms with van der Waals surface area (Å²) in [4.78, 5) is 20.8. The van der Waals surface area contributed by atoms with E-state index in [1.54, 1.807) is 0 Å². The van der Waals surface area contributed by atoms with Crippen LogP contribution in [0.2, 0.25) is 0 Å². The summed E-state index contributed by atoms with van der Waals surface area (Å²) in [7, 11) is 4.25. The molecule has 1 aliphatic carbocycles. The van der Waals surface area contributed by atoms with Gasteiger partial charge in [-0.25, -0.2) is 0 Å². The number of unbranched alkanes of at least 4 members (excludes halogenated alkanes) is 2. The van der Waals surface area contributed by atoms with Crippen molar-refractivity contribution in [2.24, 2.45) is 0 Å². The predicted molar refractivity (Wildman–Crippen MR) is 183 cm³/mol. The zero-order valence-electron chi connectivity index (χ0n) is 28.8. The molecule has 2 unspecified atom stereocenters. The van der Waals surface area contributed by atoms with E-state index in [4.69, 9.17) is 4.74 Å². The van der Waals surface area contributed by atoms with Gasteiger partial charge in [-0.3, -0.25) is 9.69 Å². The lowest BCUT2D eigenvalue weighted by molar-refractivity contribution is -0.132. The van der Waals surface area contributed by atoms with E-state index in [0.717, 1.165) is 89.7 Å². The number of rotatable bonds is 20. The van der Waals surface area contributed by atoms with Crippen molar-refractivity contribution in [3.05, 3.63) is 52.6 Å². The molecule has 0 aromatic heterocycles. The Labute approximate surface area is 264 Å². The summed E-state index contributed by atoms with van der Waals surface area (Å²) < 4.78 is 6.30. The maximum absolute atomic E-state index is 13.8. The number of likely N-dealkylation sites (tertiary alicyclic amines) is 1. The Morgan fingerprint density at radius 1 is 1.02 bits per heavy atom. The molecule has 1 heterocycles. The van der Waals surface area contributed by atoms with Gasteiger partial charge >= 0.3 is 0 Å². The van der Waals surface area contributed by atoms with Crippen LogP contribution in [0.15, 0.2) is 35.9 Å². The lowest BCUT2D eigenvalue weighted by Gasteiger charge is -2.29. The van der Waals surface area contributed by atoms with Crippen LogP contribution in [0.4, 0.5) is 0 Å². The van der Waals surface area contributed by atoms with Gasteiger partial charge in [0.25, 0.3) is 0 Å². The molecule has 2 atom stereocenters. The fraction of sp³-hybridized carbons (Fsp3) is 0.711. The number of allylic oxidation sites excluding steroid dienone is 4. The van der Waals surface area contributed by atoms with Gasteiger partial charge in [-0.1, -0.05) is 56.6 Å². The molecule has 1 aliphatic heterocycles. The first-order chi connectivity index (χ1) is 20.8. The fourth-order valence-corrected chi connectivity index (χ4v) is 6.70. The standard InChI is InChI=1S/C38H63N3O2/c1-8-12-17-30(5)18-21-35-26-34(33-25-32(16-10-3)38(31-19-20-31)36(27-33)43-11-4)28-41(35)29-37(42)40(23-13-9-2)24-15-14-22-39(6)7/h8,12,17,25,27,31,34-35H,9-11,13-16,18-24,26,28-29H2,1-7H3/b12-8-,30-17+. The minimum Gasteiger partial charge on any atom is -0.494 e. The van der Waals surface area contributed by atoms with Crippen molar-refractivity contribution in [3.63, 3.8) is 0 Å². The molecule has 43 heavy (non-hydrogen) atoms. The number of hydrogen-bond acceptors (Lipinski definition) is 4. The SMILES string of the molecule is C/C=C\C=C(/C)CCC1CC(c2cc(CCC)c(C3CC3)c(OCC)c2)CN1CC(=O)N(CCCC)CCCCN(C)C. The third-order valence-electron chi connectivity index (χ3n) is 9.26. The molecule has 1 saturated carbocycles. The van der Waals surface area contributed by atoms with Crippen molar-refractivity contribution in [2.45, 2.75) is 123 Å². The maximum atomic E-state index is 13.8. The first-order valence-corrected chi connectivity index (χ1v) is 17.6. The molecule has 0 bridgehead atoms. The summed E-state index contributed by atoms with van der Waals surface area (Å²) in [5, 5.41) is 0. The first-order valence-electron chi connectivity index (χ1n) is 17.6. The number of carbonyl (C=O) groups is 1. The third kappa shape index (κ3) is 11.4. The molecular weight excluding hydrogens is 530 g/mol. The zero-order chi connectivity index (χ0) is 31.2. The molecule has 1 saturated heterocycles. The van der Waals surface area contributed by atoms with Crippen LogP contribution < -0.4 is 4.74 Å². The number of hydrogen-bond donors (Lipinski definition) is 0. The Bertz CT molecular complexity index is 1010. The highest BCUT2D eigenvalue weighted by Crippen LogP contribution is 2.48. The van der Waals surface area contributed by atoms with Crippen molar-refractivity contribution in [1.82, 2.24) is 14.7 Å². The molecule has 0 radical (unpaired) electrons. The monoisotopic (exact) mass is 593 g/mol. The Hall–Kier alpha value is -2.11. The number of ether oxygens (including phenoxy) is 1. The van der Waals surface area contributed by atoms with Gasteiger partial charge in [0.15, 0.2) is 0 Å². The van der Waals surface area contributed by atoms with Gasteiger partial charge in [0.1, 0.15) is 5.75 Å². The summed E-state index contributed by atoms with van der Waals surface area (Å²) in [6.45, 7) is 16.0. The number of aryl methyl sites for hydroxylation is 1. The number of amides is 1. The van der Waals surface area contributed by atoms with Gasteiger partial charge in [-0.15, -0.1) is 0 Å². The van der Waals surface area contributed by atoms with Crippen molar-refractivity contribution in [2.75, 3.05) is 53.4 Å². The molecule has 2 aliphatic rings. The van der Waals surface area contributed by atoms with E-state index in [-0.39, 0.29) is 0 Å². The molecule has 5 nitrogen and oxygen atoms in total. The Kier molecular flexibility index (Phi) is 15.3. The summed E-state index contributed by atoms with van der Waals surface area (Å²) in [5.74, 6) is 2.56. The highest BCUT2D eigenvalue weighted by Gasteiger charge is 2.36. The van der Waals surface area contributed by atoms with E-state index in [0.29, 0.717) is 36.9 Å². The molecule has 0 spiro atoms. The van der Waals surface area contributed by atoms with Gasteiger partial charge in [0.05, 0.1) is 13.2 Å². The lowest BCUT2D eigenvalue weighted by Crippen LogP contribution is -2.43. The first kappa shape index (κ1) is 35.4. The largest absolute Gasteiger partial charge is 0.494 e. The van der Waals surface area contributed by atoms with Gasteiger partial charge in [0.2, 0.25) is 5.91 Å². The minimum absolute atomic E-state index is 0.316. The second-order valence-electron chi connectivity index (χ2n) is 13.4. The summed E-state index contributed by atoms with van der Waals surface area (Å²) in [6, 6.07) is 5.30. The average molecular weight is 594 g/mol. The lowest BCUT2D eigenvalue weighted by atomic mass is 9.89. The van der Waals surface area contributed by atoms with Crippen LogP contribution in [0, 0.1) is 0 Å². The van der Waals surface area contributed by atoms with Crippen LogP contribution in [0.3, 0.4) is 0 Å². The van der Waals surface area contributed by atoms with Gasteiger partial charge in [0, 0.05) is 31.2 Å². The van der Waals surface area contributed by atoms with E-state index >= 15 is 0 Å². The van der Waals surface area contributed by atoms with Crippen LogP contribution in [0.5, 0.6) is 5.75 Å². The normalized spacial score (nSPS) is 19.6. The van der Waals surface area contributed by atoms with Crippen LogP contribution in [-0.4, -0.2) is 80.1 Å². The molecule has 0 N–H and O–H groups in total. The number of nitrogens with zero attached hydrogens (tertiary/aromatic N) is 3. The summed E-state index contributed by atoms with van der Waals surface area (Å²) >= 11 is 0. The van der Waals surface area contributed by atoms with E-state index in [1.807, 2.05) is 0 Å². The van der Waals surface area contributed by atoms with Gasteiger partial charge < -0.3 is 14.5 Å². The molecule has 1 aromatic carbocycles. The molecule has 5 heteroatoms. The smallest absolute Gasteiger partial charge is 0.236 e. The van der Waals surface area contributed by atoms with Crippen LogP contribution >= 0.6 is 0 Å². The van der Waals surface area contributed by atoms with E-state index in [9.17, 15) is 4.79 Å². The second-order valence-corrected chi connectivity index (χ2v) is 13.4. The van der Waals surface area contributed by atoms with Crippen molar-refractivity contribution in [3.8, 4) is 5.75 Å². The predicted octanol–water partition coefficient (Wildman–Crippen LogP) is 8.35. The molecule has 1 amide bonds. The maximum Gasteiger partial charge on any atom is 0.236 e. The summed E-state index contributed by atoms with van der Waals surface area (Å²) in [6.07, 6.45) is 19.0. The quantitative estimate of drug-likeness (QED) is 0.112. The molecule has 2 fully saturated rings. The van der Waals surface area contributed by atoms with E-state index < -0.39 is 0 Å². The number of carbonyl (C=O) groups excluding carboxylic acids is 1. The Morgan fingerprint density at radius 3 is 2.42 bits per heavy atom. The molecule has 1 aromatic rings. The summed E-state index contributed by atoms with van der Waals surface area (Å²) in [5.41, 5.74) is 5.82. The van der Waals surface area contributed by atoms with Gasteiger partial charge in [-0.05, 0) is 128 Å². The van der Waals surface area contributed by atoms with Crippen molar-refractivity contribution >= 4 is 5.91 Å². The van der Waals surface area contributed by atoms with Crippen molar-refractivity contribution < 1.29 is 9.53 Å². The highest BCUT2D eigenvalue weighted by molar-refractivity contribution is 5.78. The topological polar surface area (TPSA) is 36.0 Å². The zero-order valence-corrected chi connectivity index (χ0v) is 28.8. The van der Waals surface area contributed by atoms with Gasteiger partial charge in [-0.2, -0.15) is 0 Å². The fourth-order valence-electron chi connectivity index (χ4n) is 6.70. The molecule has 3 rings (SSSR count). The molecular formula is C38H63N3O2. The third-order valence-corrected chi connectivity index (χ3v) is 9.26. The Morgan fingerprint density at radius 2 is 1.77 bits per heavy atom. The number of benzene rings is 1. The Balaban J connectivity index is 1.82. The minimum atomic E-state index is 0.316. The average Bonchev–Trinajstić information content (AvgIpc) is 3.74. The highest BCUT2D eigenvalue weighted by atomic mass is 16.5. The van der Waals surface area contributed by atoms with Crippen LogP contribution in [0.1, 0.15) is 127 Å². The second kappa shape index (κ2) is 18.6. The van der Waals surface area contributed by atoms with E-state index in [2.05, 4.69) is 93.8 Å².